The van der Waals surface area contributed by atoms with Gasteiger partial charge in [0.15, 0.2) is 15.6 Å². The van der Waals surface area contributed by atoms with Crippen molar-refractivity contribution in [1.29, 1.82) is 0 Å². The second-order valence-corrected chi connectivity index (χ2v) is 11.0. The number of phenols is 1. The lowest BCUT2D eigenvalue weighted by molar-refractivity contribution is 0.0973. The van der Waals surface area contributed by atoms with Crippen LogP contribution in [-0.4, -0.2) is 30.0 Å². The van der Waals surface area contributed by atoms with Crippen LogP contribution in [0, 0.1) is 5.92 Å². The molecule has 2 aliphatic carbocycles. The van der Waals surface area contributed by atoms with Gasteiger partial charge >= 0.3 is 0 Å². The number of carbonyl (C=O) groups excluding carboxylic acids is 1. The molecule has 1 fully saturated rings. The number of hydrogen-bond donors (Lipinski definition) is 1. The average Bonchev–Trinajstić information content (AvgIpc) is 3.16. The Kier molecular flexibility index (Phi) is 6.16. The lowest BCUT2D eigenvalue weighted by atomic mass is 9.91. The fourth-order valence-corrected chi connectivity index (χ4v) is 6.78. The molecule has 0 saturated heterocycles. The maximum Gasteiger partial charge on any atom is 0.180 e. The number of pyridine rings is 1. The highest BCUT2D eigenvalue weighted by atomic mass is 35.5. The Balaban J connectivity index is 1.51. The number of aromatic nitrogens is 1. The number of rotatable bonds is 6. The van der Waals surface area contributed by atoms with Gasteiger partial charge in [-0.05, 0) is 61.3 Å². The second-order valence-electron chi connectivity index (χ2n) is 8.52. The number of halogens is 1. The number of aromatic hydroxyl groups is 1. The topological polar surface area (TPSA) is 84.3 Å². The predicted octanol–water partition coefficient (Wildman–Crippen LogP) is 5.10. The second kappa shape index (κ2) is 8.67. The maximum absolute atomic E-state index is 12.9. The molecule has 0 radical (unpaired) electrons. The number of nitrogens with zero attached hydrogens (tertiary/aromatic N) is 1. The van der Waals surface area contributed by atoms with E-state index in [0.717, 1.165) is 43.2 Å². The number of benzene rings is 1. The average molecular weight is 448 g/mol. The van der Waals surface area contributed by atoms with Crippen molar-refractivity contribution < 1.29 is 18.3 Å². The summed E-state index contributed by atoms with van der Waals surface area (Å²) in [7, 11) is -3.48. The van der Waals surface area contributed by atoms with Crippen molar-refractivity contribution in [2.24, 2.45) is 5.92 Å². The van der Waals surface area contributed by atoms with E-state index in [1.807, 2.05) is 0 Å². The molecule has 1 atom stereocenters. The smallest absolute Gasteiger partial charge is 0.180 e. The van der Waals surface area contributed by atoms with Crippen molar-refractivity contribution in [3.05, 3.63) is 52.3 Å². The number of Topliss-reactive ketones (excluding diaryl/α,β-unsaturated/α-hetero) is 1. The van der Waals surface area contributed by atoms with E-state index in [9.17, 15) is 18.3 Å². The Hall–Kier alpha value is -1.92. The summed E-state index contributed by atoms with van der Waals surface area (Å²) >= 11 is 6.24. The Morgan fingerprint density at radius 3 is 2.67 bits per heavy atom. The van der Waals surface area contributed by atoms with E-state index in [1.165, 1.54) is 24.9 Å². The standard InChI is InChI=1S/C23H26ClNO4S/c24-20-8-9-21(26)23-16(6-7-19(20)23)11-22(27)17-10-18(13-25-12-17)30(28,29)14-15-4-2-1-3-5-15/h8-10,12-13,15-16,26H,1-7,11,14H2. The van der Waals surface area contributed by atoms with Gasteiger partial charge in [-0.15, -0.1) is 0 Å². The van der Waals surface area contributed by atoms with Crippen molar-refractivity contribution in [3.63, 3.8) is 0 Å². The third-order valence-electron chi connectivity index (χ3n) is 6.43. The molecule has 5 nitrogen and oxygen atoms in total. The summed E-state index contributed by atoms with van der Waals surface area (Å²) in [4.78, 5) is 17.1. The van der Waals surface area contributed by atoms with Crippen molar-refractivity contribution >= 4 is 27.2 Å². The molecular formula is C23H26ClNO4S. The van der Waals surface area contributed by atoms with Crippen molar-refractivity contribution in [3.8, 4) is 5.75 Å². The summed E-state index contributed by atoms with van der Waals surface area (Å²) in [5, 5.41) is 10.9. The first-order valence-corrected chi connectivity index (χ1v) is 12.6. The first-order chi connectivity index (χ1) is 14.3. The highest BCUT2D eigenvalue weighted by Gasteiger charge is 2.30. The Morgan fingerprint density at radius 2 is 1.90 bits per heavy atom. The minimum atomic E-state index is -3.48. The minimum absolute atomic E-state index is 0.120. The largest absolute Gasteiger partial charge is 0.508 e. The number of sulfone groups is 1. The van der Waals surface area contributed by atoms with Crippen LogP contribution in [0.2, 0.25) is 5.02 Å². The number of hydrogen-bond acceptors (Lipinski definition) is 5. The van der Waals surface area contributed by atoms with Gasteiger partial charge in [-0.25, -0.2) is 8.42 Å². The highest BCUT2D eigenvalue weighted by molar-refractivity contribution is 7.91. The van der Waals surface area contributed by atoms with Crippen LogP contribution in [0.25, 0.3) is 0 Å². The van der Waals surface area contributed by atoms with Gasteiger partial charge in [0.2, 0.25) is 0 Å². The first-order valence-electron chi connectivity index (χ1n) is 10.6. The Bertz CT molecular complexity index is 1060. The fourth-order valence-electron chi connectivity index (χ4n) is 4.85. The van der Waals surface area contributed by atoms with Gasteiger partial charge in [-0.2, -0.15) is 0 Å². The summed E-state index contributed by atoms with van der Waals surface area (Å²) in [5.41, 5.74) is 1.94. The van der Waals surface area contributed by atoms with E-state index in [4.69, 9.17) is 11.6 Å². The molecule has 2 aromatic rings. The molecule has 30 heavy (non-hydrogen) atoms. The zero-order valence-corrected chi connectivity index (χ0v) is 18.4. The summed E-state index contributed by atoms with van der Waals surface area (Å²) in [5.74, 6) is 0.162. The predicted molar refractivity (Wildman–Crippen MR) is 116 cm³/mol. The Morgan fingerprint density at radius 1 is 1.13 bits per heavy atom. The zero-order chi connectivity index (χ0) is 21.3. The van der Waals surface area contributed by atoms with E-state index in [0.29, 0.717) is 17.0 Å². The van der Waals surface area contributed by atoms with Gasteiger partial charge in [0.1, 0.15) is 5.75 Å². The normalized spacial score (nSPS) is 19.6. The molecule has 1 N–H and O–H groups in total. The van der Waals surface area contributed by atoms with Gasteiger partial charge in [0, 0.05) is 35.0 Å². The SMILES string of the molecule is O=C(CC1CCc2c(Cl)ccc(O)c21)c1cncc(S(=O)(=O)CC2CCCCC2)c1. The number of ketones is 1. The van der Waals surface area contributed by atoms with E-state index in [2.05, 4.69) is 4.98 Å². The van der Waals surface area contributed by atoms with Gasteiger partial charge in [0.25, 0.3) is 0 Å². The van der Waals surface area contributed by atoms with Gasteiger partial charge in [-0.3, -0.25) is 9.78 Å². The monoisotopic (exact) mass is 447 g/mol. The molecule has 0 spiro atoms. The van der Waals surface area contributed by atoms with Crippen LogP contribution in [0.1, 0.15) is 72.3 Å². The van der Waals surface area contributed by atoms with Crippen LogP contribution >= 0.6 is 11.6 Å². The minimum Gasteiger partial charge on any atom is -0.508 e. The van der Waals surface area contributed by atoms with Crippen LogP contribution in [0.4, 0.5) is 0 Å². The van der Waals surface area contributed by atoms with E-state index >= 15 is 0 Å². The molecule has 1 heterocycles. The van der Waals surface area contributed by atoms with Gasteiger partial charge in [-0.1, -0.05) is 30.9 Å². The lowest BCUT2D eigenvalue weighted by Crippen LogP contribution is -2.19. The first kappa shape index (κ1) is 21.3. The molecule has 1 aromatic heterocycles. The van der Waals surface area contributed by atoms with Crippen LogP contribution < -0.4 is 0 Å². The van der Waals surface area contributed by atoms with Gasteiger partial charge < -0.3 is 5.11 Å². The van der Waals surface area contributed by atoms with E-state index < -0.39 is 9.84 Å². The molecule has 160 valence electrons. The molecule has 1 saturated carbocycles. The Labute approximate surface area is 182 Å². The molecule has 7 heteroatoms. The van der Waals surface area contributed by atoms with Crippen molar-refractivity contribution in [1.82, 2.24) is 4.98 Å². The molecule has 4 rings (SSSR count). The molecule has 0 amide bonds. The number of fused-ring (bicyclic) bond motifs is 1. The molecular weight excluding hydrogens is 422 g/mol. The maximum atomic E-state index is 12.9. The molecule has 2 aliphatic rings. The third-order valence-corrected chi connectivity index (χ3v) is 8.64. The van der Waals surface area contributed by atoms with Crippen molar-refractivity contribution in [2.75, 3.05) is 5.75 Å². The van der Waals surface area contributed by atoms with Crippen molar-refractivity contribution in [2.45, 2.75) is 62.2 Å². The summed E-state index contributed by atoms with van der Waals surface area (Å²) in [6.45, 7) is 0. The van der Waals surface area contributed by atoms with Crippen LogP contribution in [0.15, 0.2) is 35.5 Å². The summed E-state index contributed by atoms with van der Waals surface area (Å²) in [6.07, 6.45) is 9.62. The zero-order valence-electron chi connectivity index (χ0n) is 16.8. The fraction of sp³-hybridized carbons (Fsp3) is 0.478. The third kappa shape index (κ3) is 4.40. The quantitative estimate of drug-likeness (QED) is 0.623. The summed E-state index contributed by atoms with van der Waals surface area (Å²) < 4.78 is 25.7. The van der Waals surface area contributed by atoms with Crippen LogP contribution in [0.5, 0.6) is 5.75 Å². The number of phenolic OH excluding ortho intramolecular Hbond substituents is 1. The molecule has 1 unspecified atom stereocenters. The molecule has 0 aliphatic heterocycles. The van der Waals surface area contributed by atoms with E-state index in [-0.39, 0.29) is 40.4 Å². The summed E-state index contributed by atoms with van der Waals surface area (Å²) in [6, 6.07) is 4.69. The highest BCUT2D eigenvalue weighted by Crippen LogP contribution is 2.44. The van der Waals surface area contributed by atoms with Gasteiger partial charge in [0.05, 0.1) is 10.6 Å². The lowest BCUT2D eigenvalue weighted by Gasteiger charge is -2.21. The number of carbonyl (C=O) groups is 1. The van der Waals surface area contributed by atoms with Crippen LogP contribution in [0.3, 0.4) is 0 Å². The molecule has 1 aromatic carbocycles. The van der Waals surface area contributed by atoms with Crippen LogP contribution in [-0.2, 0) is 16.3 Å². The molecule has 0 bridgehead atoms. The van der Waals surface area contributed by atoms with E-state index in [1.54, 1.807) is 12.1 Å².